The van der Waals surface area contributed by atoms with Gasteiger partial charge in [0.15, 0.2) is 0 Å². The summed E-state index contributed by atoms with van der Waals surface area (Å²) in [5.74, 6) is 0. The molecule has 4 heteroatoms. The summed E-state index contributed by atoms with van der Waals surface area (Å²) in [7, 11) is 2.14. The highest BCUT2D eigenvalue weighted by atomic mass is 28.3. The molecule has 0 unspecified atom stereocenters. The summed E-state index contributed by atoms with van der Waals surface area (Å²) in [6.07, 6.45) is 1.17. The van der Waals surface area contributed by atoms with Gasteiger partial charge in [0.1, 0.15) is 0 Å². The molecule has 0 bridgehead atoms. The van der Waals surface area contributed by atoms with Gasteiger partial charge in [0.2, 0.25) is 0 Å². The van der Waals surface area contributed by atoms with Gasteiger partial charge in [-0.1, -0.05) is 20.8 Å². The lowest BCUT2D eigenvalue weighted by Gasteiger charge is -2.26. The summed E-state index contributed by atoms with van der Waals surface area (Å²) >= 11 is 0. The summed E-state index contributed by atoms with van der Waals surface area (Å²) in [5.41, 5.74) is 0.346. The average molecular weight is 219 g/mol. The van der Waals surface area contributed by atoms with Gasteiger partial charge < -0.3 is 14.2 Å². The molecule has 0 aliphatic heterocycles. The molecule has 0 spiro atoms. The molecule has 0 aromatic carbocycles. The van der Waals surface area contributed by atoms with E-state index in [0.717, 1.165) is 19.1 Å². The fourth-order valence-electron chi connectivity index (χ4n) is 1.39. The van der Waals surface area contributed by atoms with Crippen LogP contribution in [0.3, 0.4) is 0 Å². The Balaban J connectivity index is 3.72. The Kier molecular flexibility index (Phi) is 7.45. The van der Waals surface area contributed by atoms with Crippen LogP contribution < -0.4 is 5.32 Å². The van der Waals surface area contributed by atoms with Gasteiger partial charge in [-0.25, -0.2) is 0 Å². The van der Waals surface area contributed by atoms with Crippen LogP contribution >= 0.6 is 0 Å². The number of rotatable bonds is 8. The van der Waals surface area contributed by atoms with E-state index < -0.39 is 9.28 Å². The molecule has 0 fully saturated rings. The largest absolute Gasteiger partial charge is 0.400 e. The normalized spacial score (nSPS) is 12.4. The van der Waals surface area contributed by atoms with E-state index in [-0.39, 0.29) is 0 Å². The molecular weight excluding hydrogens is 194 g/mol. The molecule has 0 amide bonds. The Morgan fingerprint density at radius 1 is 1.21 bits per heavy atom. The van der Waals surface area contributed by atoms with Crippen LogP contribution in [0.4, 0.5) is 0 Å². The summed E-state index contributed by atoms with van der Waals surface area (Å²) < 4.78 is 10.6. The molecule has 0 aliphatic rings. The van der Waals surface area contributed by atoms with Gasteiger partial charge in [-0.15, -0.1) is 0 Å². The molecule has 0 aliphatic carbocycles. The van der Waals surface area contributed by atoms with Crippen molar-refractivity contribution in [3.63, 3.8) is 0 Å². The molecule has 0 radical (unpaired) electrons. The van der Waals surface area contributed by atoms with E-state index in [1.54, 1.807) is 14.2 Å². The molecule has 0 rings (SSSR count). The van der Waals surface area contributed by atoms with Gasteiger partial charge in [-0.05, 0) is 24.4 Å². The smallest absolute Gasteiger partial charge is 0.320 e. The lowest BCUT2D eigenvalue weighted by Crippen LogP contribution is -2.31. The van der Waals surface area contributed by atoms with Crippen LogP contribution in [0.1, 0.15) is 27.2 Å². The van der Waals surface area contributed by atoms with Crippen molar-refractivity contribution in [2.75, 3.05) is 27.3 Å². The third-order valence-electron chi connectivity index (χ3n) is 2.44. The van der Waals surface area contributed by atoms with E-state index in [0.29, 0.717) is 5.41 Å². The van der Waals surface area contributed by atoms with Crippen LogP contribution in [0.15, 0.2) is 0 Å². The molecule has 14 heavy (non-hydrogen) atoms. The van der Waals surface area contributed by atoms with Crippen molar-refractivity contribution in [1.29, 1.82) is 0 Å². The van der Waals surface area contributed by atoms with Crippen LogP contribution in [-0.2, 0) is 8.85 Å². The highest BCUT2D eigenvalue weighted by molar-refractivity contribution is 6.44. The second-order valence-corrected chi connectivity index (χ2v) is 6.76. The Bertz CT molecular complexity index is 138. The Morgan fingerprint density at radius 3 is 2.21 bits per heavy atom. The number of hydrogen-bond acceptors (Lipinski definition) is 3. The molecule has 0 aromatic heterocycles. The van der Waals surface area contributed by atoms with Gasteiger partial charge in [0, 0.05) is 20.8 Å². The first-order chi connectivity index (χ1) is 6.55. The first-order valence-corrected chi connectivity index (χ1v) is 7.08. The zero-order valence-electron chi connectivity index (χ0n) is 10.2. The Morgan fingerprint density at radius 2 is 1.79 bits per heavy atom. The third-order valence-corrected chi connectivity index (χ3v) is 4.25. The zero-order valence-corrected chi connectivity index (χ0v) is 11.4. The van der Waals surface area contributed by atoms with Crippen molar-refractivity contribution in [2.24, 2.45) is 5.41 Å². The summed E-state index contributed by atoms with van der Waals surface area (Å²) in [6, 6.07) is 1.09. The second-order valence-electron chi connectivity index (χ2n) is 4.38. The highest BCUT2D eigenvalue weighted by Crippen LogP contribution is 2.22. The van der Waals surface area contributed by atoms with E-state index in [1.807, 2.05) is 0 Å². The van der Waals surface area contributed by atoms with E-state index in [2.05, 4.69) is 26.1 Å². The molecule has 3 nitrogen and oxygen atoms in total. The van der Waals surface area contributed by atoms with Crippen molar-refractivity contribution in [3.8, 4) is 0 Å². The highest BCUT2D eigenvalue weighted by Gasteiger charge is 2.20. The predicted octanol–water partition coefficient (Wildman–Crippen LogP) is 1.53. The molecule has 0 aromatic rings. The van der Waals surface area contributed by atoms with Crippen LogP contribution in [0.2, 0.25) is 6.04 Å². The molecular formula is C10H25NO2Si. The van der Waals surface area contributed by atoms with Crippen LogP contribution in [0.5, 0.6) is 0 Å². The fourth-order valence-corrected chi connectivity index (χ4v) is 3.07. The minimum absolute atomic E-state index is 0.346. The van der Waals surface area contributed by atoms with Crippen molar-refractivity contribution in [3.05, 3.63) is 0 Å². The molecule has 1 N–H and O–H groups in total. The van der Waals surface area contributed by atoms with E-state index >= 15 is 0 Å². The lowest BCUT2D eigenvalue weighted by molar-refractivity contribution is 0.260. The molecule has 0 heterocycles. The van der Waals surface area contributed by atoms with Gasteiger partial charge in [-0.2, -0.15) is 0 Å². The van der Waals surface area contributed by atoms with Crippen molar-refractivity contribution in [2.45, 2.75) is 33.2 Å². The van der Waals surface area contributed by atoms with E-state index in [9.17, 15) is 0 Å². The number of hydrogen-bond donors (Lipinski definition) is 1. The minimum Gasteiger partial charge on any atom is -0.400 e. The molecule has 86 valence electrons. The van der Waals surface area contributed by atoms with Crippen molar-refractivity contribution in [1.82, 2.24) is 5.32 Å². The van der Waals surface area contributed by atoms with Crippen LogP contribution in [-0.4, -0.2) is 36.6 Å². The maximum Gasteiger partial charge on any atom is 0.320 e. The maximum atomic E-state index is 5.30. The monoisotopic (exact) mass is 219 g/mol. The first kappa shape index (κ1) is 14.1. The van der Waals surface area contributed by atoms with E-state index in [4.69, 9.17) is 8.85 Å². The SMILES string of the molecule is CCNCC(C)(C)CC[SiH](OC)OC. The average Bonchev–Trinajstić information content (AvgIpc) is 2.16. The minimum atomic E-state index is -1.35. The standard InChI is InChI=1S/C10H25NO2Si/c1-6-11-9-10(2,3)7-8-14(12-4)13-5/h11,14H,6-9H2,1-5H3. The van der Waals surface area contributed by atoms with Crippen molar-refractivity contribution >= 4 is 9.28 Å². The van der Waals surface area contributed by atoms with Gasteiger partial charge >= 0.3 is 9.28 Å². The molecule has 0 saturated carbocycles. The second kappa shape index (κ2) is 7.40. The third kappa shape index (κ3) is 6.54. The Labute approximate surface area is 90.0 Å². The summed E-state index contributed by atoms with van der Waals surface area (Å²) in [4.78, 5) is 0. The first-order valence-electron chi connectivity index (χ1n) is 5.32. The summed E-state index contributed by atoms with van der Waals surface area (Å²) in [5, 5.41) is 3.38. The quantitative estimate of drug-likeness (QED) is 0.628. The van der Waals surface area contributed by atoms with Crippen molar-refractivity contribution < 1.29 is 8.85 Å². The Hall–Kier alpha value is 0.0969. The van der Waals surface area contributed by atoms with Gasteiger partial charge in [-0.3, -0.25) is 0 Å². The number of nitrogens with one attached hydrogen (secondary N) is 1. The predicted molar refractivity (Wildman–Crippen MR) is 62.9 cm³/mol. The topological polar surface area (TPSA) is 30.5 Å². The van der Waals surface area contributed by atoms with Crippen LogP contribution in [0, 0.1) is 5.41 Å². The van der Waals surface area contributed by atoms with E-state index in [1.165, 1.54) is 6.42 Å². The maximum absolute atomic E-state index is 5.30. The molecule has 0 saturated heterocycles. The summed E-state index contributed by atoms with van der Waals surface area (Å²) in [6.45, 7) is 8.81. The van der Waals surface area contributed by atoms with Gasteiger partial charge in [0.25, 0.3) is 0 Å². The lowest BCUT2D eigenvalue weighted by atomic mass is 9.90. The zero-order chi connectivity index (χ0) is 11.0. The molecule has 0 atom stereocenters. The van der Waals surface area contributed by atoms with Crippen LogP contribution in [0.25, 0.3) is 0 Å². The fraction of sp³-hybridized carbons (Fsp3) is 1.00. The van der Waals surface area contributed by atoms with Gasteiger partial charge in [0.05, 0.1) is 0 Å².